The molecule has 0 spiro atoms. The normalized spacial score (nSPS) is 10.4. The lowest BCUT2D eigenvalue weighted by atomic mass is 10.1. The molecule has 0 atom stereocenters. The first-order valence-corrected chi connectivity index (χ1v) is 5.48. The fraction of sp³-hybridized carbons (Fsp3) is 0.400. The summed E-state index contributed by atoms with van der Waals surface area (Å²) in [7, 11) is 1.90. The third kappa shape index (κ3) is 2.71. The maximum Gasteiger partial charge on any atom is 0.137 e. The Balaban J connectivity index is 2.85. The van der Waals surface area contributed by atoms with Crippen molar-refractivity contribution in [3.63, 3.8) is 0 Å². The number of halogens is 1. The number of hydrogen-bond donors (Lipinski definition) is 1. The summed E-state index contributed by atoms with van der Waals surface area (Å²) >= 11 is 1.47. The van der Waals surface area contributed by atoms with Gasteiger partial charge in [-0.15, -0.1) is 11.8 Å². The van der Waals surface area contributed by atoms with Gasteiger partial charge < -0.3 is 5.32 Å². The fourth-order valence-corrected chi connectivity index (χ4v) is 1.93. The van der Waals surface area contributed by atoms with E-state index in [1.807, 2.05) is 19.4 Å². The van der Waals surface area contributed by atoms with Crippen molar-refractivity contribution in [1.82, 2.24) is 5.32 Å². The van der Waals surface area contributed by atoms with Crippen LogP contribution in [0.2, 0.25) is 0 Å². The highest BCUT2D eigenvalue weighted by atomic mass is 32.2. The molecule has 0 aliphatic carbocycles. The molecule has 0 saturated heterocycles. The Bertz CT molecular complexity index is 276. The van der Waals surface area contributed by atoms with Crippen LogP contribution in [0.5, 0.6) is 0 Å². The van der Waals surface area contributed by atoms with Crippen molar-refractivity contribution in [2.45, 2.75) is 11.3 Å². The van der Waals surface area contributed by atoms with Crippen LogP contribution in [0.25, 0.3) is 0 Å². The van der Waals surface area contributed by atoms with Crippen LogP contribution < -0.4 is 5.32 Å². The predicted octanol–water partition coefficient (Wildman–Crippen LogP) is 2.31. The van der Waals surface area contributed by atoms with Crippen LogP contribution in [0, 0.1) is 5.82 Å². The van der Waals surface area contributed by atoms with Gasteiger partial charge in [-0.05, 0) is 37.9 Å². The molecule has 0 aliphatic heterocycles. The molecular weight excluding hydrogens is 185 g/mol. The molecular formula is C10H14FNS. The van der Waals surface area contributed by atoms with Gasteiger partial charge in [-0.3, -0.25) is 0 Å². The van der Waals surface area contributed by atoms with E-state index in [0.717, 1.165) is 23.4 Å². The smallest absolute Gasteiger partial charge is 0.137 e. The molecule has 0 radical (unpaired) electrons. The Labute approximate surface area is 82.7 Å². The quantitative estimate of drug-likeness (QED) is 0.747. The lowest BCUT2D eigenvalue weighted by Gasteiger charge is -2.07. The van der Waals surface area contributed by atoms with Crippen molar-refractivity contribution < 1.29 is 4.39 Å². The molecule has 0 bridgehead atoms. The van der Waals surface area contributed by atoms with Crippen LogP contribution in [0.4, 0.5) is 4.39 Å². The molecule has 0 saturated carbocycles. The summed E-state index contributed by atoms with van der Waals surface area (Å²) in [5, 5.41) is 3.06. The highest BCUT2D eigenvalue weighted by Gasteiger charge is 2.05. The van der Waals surface area contributed by atoms with Crippen LogP contribution in [-0.2, 0) is 6.42 Å². The predicted molar refractivity (Wildman–Crippen MR) is 55.8 cm³/mol. The SMILES string of the molecule is CNCCc1cccc(F)c1SC. The van der Waals surface area contributed by atoms with E-state index in [-0.39, 0.29) is 5.82 Å². The van der Waals surface area contributed by atoms with E-state index in [9.17, 15) is 4.39 Å². The van der Waals surface area contributed by atoms with Gasteiger partial charge in [0.2, 0.25) is 0 Å². The molecule has 0 aliphatic rings. The first-order valence-electron chi connectivity index (χ1n) is 4.25. The van der Waals surface area contributed by atoms with Gasteiger partial charge in [-0.25, -0.2) is 4.39 Å². The van der Waals surface area contributed by atoms with E-state index in [1.54, 1.807) is 6.07 Å². The number of hydrogen-bond acceptors (Lipinski definition) is 2. The number of likely N-dealkylation sites (N-methyl/N-ethyl adjacent to an activating group) is 1. The summed E-state index contributed by atoms with van der Waals surface area (Å²) in [6, 6.07) is 5.25. The van der Waals surface area contributed by atoms with Gasteiger partial charge in [-0.2, -0.15) is 0 Å². The van der Waals surface area contributed by atoms with E-state index < -0.39 is 0 Å². The largest absolute Gasteiger partial charge is 0.319 e. The van der Waals surface area contributed by atoms with Gasteiger partial charge in [0.15, 0.2) is 0 Å². The molecule has 0 amide bonds. The number of nitrogens with one attached hydrogen (secondary N) is 1. The van der Waals surface area contributed by atoms with Crippen molar-refractivity contribution in [3.05, 3.63) is 29.6 Å². The monoisotopic (exact) mass is 199 g/mol. The van der Waals surface area contributed by atoms with Gasteiger partial charge in [0, 0.05) is 4.90 Å². The zero-order valence-corrected chi connectivity index (χ0v) is 8.75. The molecule has 1 N–H and O–H groups in total. The molecule has 1 aromatic rings. The first-order chi connectivity index (χ1) is 6.29. The number of thioether (sulfide) groups is 1. The minimum absolute atomic E-state index is 0.110. The third-order valence-electron chi connectivity index (χ3n) is 1.90. The Kier molecular flexibility index (Phi) is 4.25. The summed E-state index contributed by atoms with van der Waals surface area (Å²) in [6.07, 6.45) is 2.78. The van der Waals surface area contributed by atoms with Crippen molar-refractivity contribution in [2.75, 3.05) is 19.8 Å². The molecule has 0 fully saturated rings. The first kappa shape index (κ1) is 10.5. The molecule has 1 rings (SSSR count). The maximum atomic E-state index is 13.2. The molecule has 0 unspecified atom stereocenters. The van der Waals surface area contributed by atoms with E-state index >= 15 is 0 Å². The van der Waals surface area contributed by atoms with Crippen molar-refractivity contribution in [2.24, 2.45) is 0 Å². The molecule has 3 heteroatoms. The van der Waals surface area contributed by atoms with Gasteiger partial charge >= 0.3 is 0 Å². The molecule has 0 aromatic heterocycles. The minimum Gasteiger partial charge on any atom is -0.319 e. The maximum absolute atomic E-state index is 13.2. The second-order valence-corrected chi connectivity index (χ2v) is 3.60. The lowest BCUT2D eigenvalue weighted by Crippen LogP contribution is -2.11. The van der Waals surface area contributed by atoms with Gasteiger partial charge in [-0.1, -0.05) is 12.1 Å². The third-order valence-corrected chi connectivity index (χ3v) is 2.76. The van der Waals surface area contributed by atoms with Gasteiger partial charge in [0.1, 0.15) is 5.82 Å². The van der Waals surface area contributed by atoms with E-state index in [4.69, 9.17) is 0 Å². The standard InChI is InChI=1S/C10H14FNS/c1-12-7-6-8-4-3-5-9(11)10(8)13-2/h3-5,12H,6-7H2,1-2H3. The molecule has 1 aromatic carbocycles. The zero-order chi connectivity index (χ0) is 9.68. The Morgan fingerprint density at radius 2 is 2.23 bits per heavy atom. The van der Waals surface area contributed by atoms with Gasteiger partial charge in [0.05, 0.1) is 0 Å². The van der Waals surface area contributed by atoms with Gasteiger partial charge in [0.25, 0.3) is 0 Å². The summed E-state index contributed by atoms with van der Waals surface area (Å²) in [4.78, 5) is 0.776. The Morgan fingerprint density at radius 1 is 1.46 bits per heavy atom. The second kappa shape index (κ2) is 5.25. The van der Waals surface area contributed by atoms with Crippen molar-refractivity contribution in [1.29, 1.82) is 0 Å². The zero-order valence-electron chi connectivity index (χ0n) is 7.93. The van der Waals surface area contributed by atoms with Crippen LogP contribution >= 0.6 is 11.8 Å². The summed E-state index contributed by atoms with van der Waals surface area (Å²) in [6.45, 7) is 0.886. The average Bonchev–Trinajstić information content (AvgIpc) is 2.15. The van der Waals surface area contributed by atoms with Crippen LogP contribution in [0.3, 0.4) is 0 Å². The van der Waals surface area contributed by atoms with Crippen LogP contribution in [0.15, 0.2) is 23.1 Å². The Hall–Kier alpha value is -0.540. The second-order valence-electron chi connectivity index (χ2n) is 2.79. The average molecular weight is 199 g/mol. The van der Waals surface area contributed by atoms with E-state index in [2.05, 4.69) is 5.32 Å². The van der Waals surface area contributed by atoms with Crippen LogP contribution in [0.1, 0.15) is 5.56 Å². The summed E-state index contributed by atoms with van der Waals surface area (Å²) in [5.74, 6) is -0.110. The molecule has 0 heterocycles. The highest BCUT2D eigenvalue weighted by Crippen LogP contribution is 2.23. The Morgan fingerprint density at radius 3 is 2.85 bits per heavy atom. The van der Waals surface area contributed by atoms with Crippen LogP contribution in [-0.4, -0.2) is 19.8 Å². The lowest BCUT2D eigenvalue weighted by molar-refractivity contribution is 0.596. The number of rotatable bonds is 4. The number of benzene rings is 1. The molecule has 13 heavy (non-hydrogen) atoms. The van der Waals surface area contributed by atoms with Crippen molar-refractivity contribution in [3.8, 4) is 0 Å². The highest BCUT2D eigenvalue weighted by molar-refractivity contribution is 7.98. The van der Waals surface area contributed by atoms with E-state index in [1.165, 1.54) is 17.8 Å². The topological polar surface area (TPSA) is 12.0 Å². The van der Waals surface area contributed by atoms with Crippen molar-refractivity contribution >= 4 is 11.8 Å². The summed E-state index contributed by atoms with van der Waals surface area (Å²) < 4.78 is 13.2. The summed E-state index contributed by atoms with van der Waals surface area (Å²) in [5.41, 5.74) is 1.09. The fourth-order valence-electron chi connectivity index (χ4n) is 1.24. The minimum atomic E-state index is -0.110. The molecule has 1 nitrogen and oxygen atoms in total. The van der Waals surface area contributed by atoms with E-state index in [0.29, 0.717) is 0 Å². The molecule has 72 valence electrons.